The lowest BCUT2D eigenvalue weighted by atomic mass is 10.00. The summed E-state index contributed by atoms with van der Waals surface area (Å²) in [6.07, 6.45) is 4.81. The maximum atomic E-state index is 13.5. The summed E-state index contributed by atoms with van der Waals surface area (Å²) < 4.78 is 8.07. The van der Waals surface area contributed by atoms with Gasteiger partial charge in [0.05, 0.1) is 29.8 Å². The highest BCUT2D eigenvalue weighted by molar-refractivity contribution is 7.99. The van der Waals surface area contributed by atoms with Gasteiger partial charge in [-0.2, -0.15) is 0 Å². The molecule has 5 rings (SSSR count). The molecule has 1 aromatic carbocycles. The van der Waals surface area contributed by atoms with Gasteiger partial charge in [0.2, 0.25) is 17.8 Å². The Morgan fingerprint density at radius 2 is 1.97 bits per heavy atom. The fourth-order valence-electron chi connectivity index (χ4n) is 5.15. The van der Waals surface area contributed by atoms with Crippen LogP contribution in [0.2, 0.25) is 0 Å². The Bertz CT molecular complexity index is 1060. The molecule has 0 radical (unpaired) electrons. The molecule has 1 aromatic heterocycles. The Kier molecular flexibility index (Phi) is 7.29. The normalized spacial score (nSPS) is 23.2. The van der Waals surface area contributed by atoms with E-state index in [4.69, 9.17) is 4.74 Å². The molecule has 2 aromatic rings. The van der Waals surface area contributed by atoms with Crippen LogP contribution in [0.1, 0.15) is 46.0 Å². The average Bonchev–Trinajstić information content (AvgIpc) is 3.47. The second kappa shape index (κ2) is 10.6. The maximum Gasteiger partial charge on any atom is 0.237 e. The summed E-state index contributed by atoms with van der Waals surface area (Å²) in [4.78, 5) is 29.8. The first kappa shape index (κ1) is 24.1. The average molecular weight is 499 g/mol. The topological polar surface area (TPSA) is 92.6 Å². The zero-order chi connectivity index (χ0) is 24.4. The van der Waals surface area contributed by atoms with Crippen molar-refractivity contribution in [1.29, 1.82) is 0 Å². The number of para-hydroxylation sites is 2. The van der Waals surface area contributed by atoms with Crippen molar-refractivity contribution in [3.05, 3.63) is 24.3 Å². The van der Waals surface area contributed by atoms with Crippen LogP contribution in [0.4, 0.5) is 17.3 Å². The smallest absolute Gasteiger partial charge is 0.237 e. The zero-order valence-corrected chi connectivity index (χ0v) is 21.3. The Labute approximate surface area is 210 Å². The van der Waals surface area contributed by atoms with Gasteiger partial charge >= 0.3 is 0 Å². The third kappa shape index (κ3) is 5.33. The molecule has 2 amide bonds. The summed E-state index contributed by atoms with van der Waals surface area (Å²) in [6, 6.07) is 7.24. The second-order valence-corrected chi connectivity index (χ2v) is 10.8. The van der Waals surface area contributed by atoms with Gasteiger partial charge in [0, 0.05) is 32.2 Å². The standard InChI is InChI=1S/C25H34N6O3S/c1-17-9-11-29(12-10-17)24-27-28-25(30(24)15-19-6-5-13-34-19)35-16-23(33)31-18(2)14-22(32)26-20-7-3-4-8-21(20)31/h3-4,7-8,17-19H,5-6,9-16H2,1-2H3,(H,26,32). The first-order valence-corrected chi connectivity index (χ1v) is 13.6. The highest BCUT2D eigenvalue weighted by Crippen LogP contribution is 2.33. The summed E-state index contributed by atoms with van der Waals surface area (Å²) in [5.74, 6) is 1.70. The molecule has 188 valence electrons. The van der Waals surface area contributed by atoms with Gasteiger partial charge in [-0.15, -0.1) is 10.2 Å². The van der Waals surface area contributed by atoms with E-state index in [9.17, 15) is 9.59 Å². The fourth-order valence-corrected chi connectivity index (χ4v) is 5.95. The molecular weight excluding hydrogens is 464 g/mol. The zero-order valence-electron chi connectivity index (χ0n) is 20.5. The summed E-state index contributed by atoms with van der Waals surface area (Å²) >= 11 is 1.41. The van der Waals surface area contributed by atoms with Gasteiger partial charge in [0.15, 0.2) is 5.16 Å². The van der Waals surface area contributed by atoms with E-state index in [1.165, 1.54) is 11.8 Å². The number of hydrogen-bond acceptors (Lipinski definition) is 7. The van der Waals surface area contributed by atoms with Crippen molar-refractivity contribution in [1.82, 2.24) is 14.8 Å². The van der Waals surface area contributed by atoms with Gasteiger partial charge in [-0.3, -0.25) is 14.2 Å². The minimum atomic E-state index is -0.234. The Morgan fingerprint density at radius 1 is 1.17 bits per heavy atom. The molecular formula is C25H34N6O3S. The van der Waals surface area contributed by atoms with Gasteiger partial charge in [0.25, 0.3) is 0 Å². The molecule has 2 atom stereocenters. The number of piperidine rings is 1. The van der Waals surface area contributed by atoms with Gasteiger partial charge in [0.1, 0.15) is 0 Å². The lowest BCUT2D eigenvalue weighted by Gasteiger charge is -2.31. The molecule has 1 N–H and O–H groups in total. The quantitative estimate of drug-likeness (QED) is 0.609. The molecule has 2 fully saturated rings. The van der Waals surface area contributed by atoms with Crippen molar-refractivity contribution in [2.24, 2.45) is 5.92 Å². The van der Waals surface area contributed by atoms with E-state index in [0.29, 0.717) is 12.2 Å². The molecule has 35 heavy (non-hydrogen) atoms. The maximum absolute atomic E-state index is 13.5. The Morgan fingerprint density at radius 3 is 2.74 bits per heavy atom. The summed E-state index contributed by atoms with van der Waals surface area (Å²) in [5, 5.41) is 12.7. The predicted octanol–water partition coefficient (Wildman–Crippen LogP) is 3.55. The predicted molar refractivity (Wildman–Crippen MR) is 137 cm³/mol. The number of carbonyl (C=O) groups is 2. The summed E-state index contributed by atoms with van der Waals surface area (Å²) in [6.45, 7) is 7.65. The van der Waals surface area contributed by atoms with Crippen LogP contribution in [-0.2, 0) is 20.9 Å². The number of ether oxygens (including phenoxy) is 1. The number of benzene rings is 1. The molecule has 0 saturated carbocycles. The van der Waals surface area contributed by atoms with E-state index < -0.39 is 0 Å². The van der Waals surface area contributed by atoms with Crippen molar-refractivity contribution < 1.29 is 14.3 Å². The SMILES string of the molecule is CC1CCN(c2nnc(SCC(=O)N3c4ccccc4NC(=O)CC3C)n2CC2CCCO2)CC1. The highest BCUT2D eigenvalue weighted by atomic mass is 32.2. The molecule has 3 aliphatic rings. The Hall–Kier alpha value is -2.59. The molecule has 9 nitrogen and oxygen atoms in total. The molecule has 0 spiro atoms. The lowest BCUT2D eigenvalue weighted by Crippen LogP contribution is -2.40. The first-order chi connectivity index (χ1) is 17.0. The van der Waals surface area contributed by atoms with Crippen molar-refractivity contribution in [2.75, 3.05) is 40.6 Å². The van der Waals surface area contributed by atoms with Crippen LogP contribution >= 0.6 is 11.8 Å². The summed E-state index contributed by atoms with van der Waals surface area (Å²) in [5.41, 5.74) is 1.41. The lowest BCUT2D eigenvalue weighted by molar-refractivity contribution is -0.117. The first-order valence-electron chi connectivity index (χ1n) is 12.6. The number of amides is 2. The van der Waals surface area contributed by atoms with Crippen LogP contribution in [0.3, 0.4) is 0 Å². The number of nitrogens with one attached hydrogen (secondary N) is 1. The molecule has 2 saturated heterocycles. The molecule has 0 bridgehead atoms. The van der Waals surface area contributed by atoms with E-state index >= 15 is 0 Å². The van der Waals surface area contributed by atoms with Crippen molar-refractivity contribution in [3.63, 3.8) is 0 Å². The third-order valence-electron chi connectivity index (χ3n) is 7.13. The van der Waals surface area contributed by atoms with E-state index in [1.807, 2.05) is 31.2 Å². The Balaban J connectivity index is 1.35. The van der Waals surface area contributed by atoms with E-state index in [1.54, 1.807) is 4.90 Å². The minimum absolute atomic E-state index is 0.0496. The molecule has 0 aliphatic carbocycles. The number of aromatic nitrogens is 3. The van der Waals surface area contributed by atoms with Crippen molar-refractivity contribution in [3.8, 4) is 0 Å². The van der Waals surface area contributed by atoms with Crippen molar-refractivity contribution >= 4 is 40.9 Å². The van der Waals surface area contributed by atoms with Crippen LogP contribution in [0.5, 0.6) is 0 Å². The molecule has 10 heteroatoms. The third-order valence-corrected chi connectivity index (χ3v) is 8.08. The van der Waals surface area contributed by atoms with Crippen LogP contribution in [0.25, 0.3) is 0 Å². The number of thioether (sulfide) groups is 1. The van der Waals surface area contributed by atoms with Crippen LogP contribution in [0, 0.1) is 5.92 Å². The van der Waals surface area contributed by atoms with Gasteiger partial charge in [-0.05, 0) is 50.7 Å². The molecule has 3 aliphatic heterocycles. The number of carbonyl (C=O) groups excluding carboxylic acids is 2. The van der Waals surface area contributed by atoms with E-state index in [2.05, 4.69) is 31.9 Å². The fraction of sp³-hybridized carbons (Fsp3) is 0.600. The van der Waals surface area contributed by atoms with Crippen LogP contribution in [0.15, 0.2) is 29.4 Å². The van der Waals surface area contributed by atoms with Crippen LogP contribution in [-0.4, -0.2) is 64.2 Å². The largest absolute Gasteiger partial charge is 0.376 e. The minimum Gasteiger partial charge on any atom is -0.376 e. The molecule has 4 heterocycles. The number of nitrogens with zero attached hydrogens (tertiary/aromatic N) is 5. The molecule has 2 unspecified atom stereocenters. The number of rotatable bonds is 6. The van der Waals surface area contributed by atoms with Gasteiger partial charge in [-0.25, -0.2) is 0 Å². The highest BCUT2D eigenvalue weighted by Gasteiger charge is 2.31. The van der Waals surface area contributed by atoms with Crippen molar-refractivity contribution in [2.45, 2.75) is 69.8 Å². The monoisotopic (exact) mass is 498 g/mol. The number of anilines is 3. The van der Waals surface area contributed by atoms with Crippen LogP contribution < -0.4 is 15.1 Å². The number of fused-ring (bicyclic) bond motifs is 1. The van der Waals surface area contributed by atoms with E-state index in [-0.39, 0.29) is 36.1 Å². The second-order valence-electron chi connectivity index (χ2n) is 9.87. The van der Waals surface area contributed by atoms with Gasteiger partial charge < -0.3 is 19.9 Å². The summed E-state index contributed by atoms with van der Waals surface area (Å²) in [7, 11) is 0. The number of hydrogen-bond donors (Lipinski definition) is 1. The van der Waals surface area contributed by atoms with Gasteiger partial charge in [-0.1, -0.05) is 30.8 Å². The van der Waals surface area contributed by atoms with E-state index in [0.717, 1.165) is 68.1 Å².